The standard InChI is InChI=1S/C17H21N3O3S/c1-10-6-5-7-14(12(10)3)18-16(21)9-24-13(4)17(22)19-15-8-11(2)23-20-15/h5-8,13H,9H2,1-4H3,(H,18,21)(H,19,20,22)/t13-/m0/s1. The van der Waals surface area contributed by atoms with Crippen LogP contribution >= 0.6 is 11.8 Å². The van der Waals surface area contributed by atoms with Crippen LogP contribution in [0.2, 0.25) is 0 Å². The molecule has 0 unspecified atom stereocenters. The van der Waals surface area contributed by atoms with Crippen LogP contribution in [-0.4, -0.2) is 28.0 Å². The Labute approximate surface area is 145 Å². The maximum absolute atomic E-state index is 12.1. The normalized spacial score (nSPS) is 11.8. The molecular formula is C17H21N3O3S. The molecule has 2 rings (SSSR count). The van der Waals surface area contributed by atoms with E-state index in [1.54, 1.807) is 19.9 Å². The highest BCUT2D eigenvalue weighted by Gasteiger charge is 2.17. The molecule has 2 amide bonds. The SMILES string of the molecule is Cc1cc(NC(=O)[C@H](C)SCC(=O)Nc2cccc(C)c2C)no1. The number of thioether (sulfide) groups is 1. The molecule has 128 valence electrons. The van der Waals surface area contributed by atoms with Crippen molar-refractivity contribution in [1.29, 1.82) is 0 Å². The number of nitrogens with zero attached hydrogens (tertiary/aromatic N) is 1. The first-order valence-electron chi connectivity index (χ1n) is 7.58. The number of aromatic nitrogens is 1. The summed E-state index contributed by atoms with van der Waals surface area (Å²) >= 11 is 1.27. The number of amides is 2. The third-order valence-electron chi connectivity index (χ3n) is 3.59. The molecule has 0 aliphatic rings. The molecule has 1 aromatic heterocycles. The predicted molar refractivity (Wildman–Crippen MR) is 96.3 cm³/mol. The number of carbonyl (C=O) groups is 2. The van der Waals surface area contributed by atoms with E-state index in [0.717, 1.165) is 16.8 Å². The van der Waals surface area contributed by atoms with Gasteiger partial charge in [-0.2, -0.15) is 0 Å². The molecule has 0 bridgehead atoms. The van der Waals surface area contributed by atoms with Gasteiger partial charge in [0.2, 0.25) is 11.8 Å². The summed E-state index contributed by atoms with van der Waals surface area (Å²) in [5.74, 6) is 0.849. The highest BCUT2D eigenvalue weighted by molar-refractivity contribution is 8.01. The monoisotopic (exact) mass is 347 g/mol. The zero-order valence-corrected chi connectivity index (χ0v) is 15.0. The number of carbonyl (C=O) groups excluding carboxylic acids is 2. The van der Waals surface area contributed by atoms with Crippen LogP contribution in [0.3, 0.4) is 0 Å². The molecule has 1 aromatic carbocycles. The molecule has 0 spiro atoms. The number of hydrogen-bond acceptors (Lipinski definition) is 5. The Morgan fingerprint density at radius 1 is 1.25 bits per heavy atom. The van der Waals surface area contributed by atoms with Crippen LogP contribution in [0.5, 0.6) is 0 Å². The van der Waals surface area contributed by atoms with Crippen molar-refractivity contribution in [1.82, 2.24) is 5.16 Å². The van der Waals surface area contributed by atoms with Crippen LogP contribution in [0.1, 0.15) is 23.8 Å². The highest BCUT2D eigenvalue weighted by Crippen LogP contribution is 2.19. The van der Waals surface area contributed by atoms with Gasteiger partial charge in [0.05, 0.1) is 11.0 Å². The Hall–Kier alpha value is -2.28. The van der Waals surface area contributed by atoms with Crippen molar-refractivity contribution >= 4 is 35.1 Å². The van der Waals surface area contributed by atoms with Gasteiger partial charge in [-0.05, 0) is 44.9 Å². The van der Waals surface area contributed by atoms with Gasteiger partial charge in [0.1, 0.15) is 5.76 Å². The van der Waals surface area contributed by atoms with Gasteiger partial charge in [0.25, 0.3) is 0 Å². The molecular weight excluding hydrogens is 326 g/mol. The lowest BCUT2D eigenvalue weighted by Crippen LogP contribution is -2.25. The summed E-state index contributed by atoms with van der Waals surface area (Å²) < 4.78 is 4.89. The van der Waals surface area contributed by atoms with Crippen molar-refractivity contribution in [3.05, 3.63) is 41.2 Å². The molecule has 0 saturated carbocycles. The van der Waals surface area contributed by atoms with E-state index in [4.69, 9.17) is 4.52 Å². The second-order valence-electron chi connectivity index (χ2n) is 5.56. The average molecular weight is 347 g/mol. The topological polar surface area (TPSA) is 84.2 Å². The molecule has 0 radical (unpaired) electrons. The Morgan fingerprint density at radius 3 is 2.67 bits per heavy atom. The summed E-state index contributed by atoms with van der Waals surface area (Å²) in [6, 6.07) is 7.41. The number of nitrogens with one attached hydrogen (secondary N) is 2. The average Bonchev–Trinajstić information content (AvgIpc) is 2.94. The Morgan fingerprint density at radius 2 is 2.00 bits per heavy atom. The zero-order chi connectivity index (χ0) is 17.7. The molecule has 0 aliphatic carbocycles. The summed E-state index contributed by atoms with van der Waals surface area (Å²) in [6.07, 6.45) is 0. The fraction of sp³-hybridized carbons (Fsp3) is 0.353. The Balaban J connectivity index is 1.82. The van der Waals surface area contributed by atoms with E-state index in [2.05, 4.69) is 15.8 Å². The Bertz CT molecular complexity index is 742. The van der Waals surface area contributed by atoms with E-state index in [1.807, 2.05) is 32.0 Å². The van der Waals surface area contributed by atoms with Crippen molar-refractivity contribution in [3.63, 3.8) is 0 Å². The first-order chi connectivity index (χ1) is 11.4. The largest absolute Gasteiger partial charge is 0.360 e. The van der Waals surface area contributed by atoms with Crippen LogP contribution in [0.4, 0.5) is 11.5 Å². The van der Waals surface area contributed by atoms with Crippen molar-refractivity contribution in [2.24, 2.45) is 0 Å². The Kier molecular flexibility index (Phi) is 6.03. The van der Waals surface area contributed by atoms with E-state index in [9.17, 15) is 9.59 Å². The summed E-state index contributed by atoms with van der Waals surface area (Å²) in [6.45, 7) is 7.46. The summed E-state index contributed by atoms with van der Waals surface area (Å²) in [5.41, 5.74) is 2.97. The molecule has 1 atom stereocenters. The number of hydrogen-bond donors (Lipinski definition) is 2. The molecule has 0 fully saturated rings. The van der Waals surface area contributed by atoms with Crippen LogP contribution in [0.15, 0.2) is 28.8 Å². The van der Waals surface area contributed by atoms with Gasteiger partial charge in [-0.3, -0.25) is 9.59 Å². The first-order valence-corrected chi connectivity index (χ1v) is 8.63. The van der Waals surface area contributed by atoms with E-state index in [-0.39, 0.29) is 22.8 Å². The highest BCUT2D eigenvalue weighted by atomic mass is 32.2. The number of rotatable bonds is 6. The minimum atomic E-state index is -0.383. The molecule has 0 saturated heterocycles. The van der Waals surface area contributed by atoms with Crippen LogP contribution in [0, 0.1) is 20.8 Å². The molecule has 7 heteroatoms. The van der Waals surface area contributed by atoms with Crippen molar-refractivity contribution in [2.75, 3.05) is 16.4 Å². The zero-order valence-electron chi connectivity index (χ0n) is 14.2. The van der Waals surface area contributed by atoms with Crippen molar-refractivity contribution < 1.29 is 14.1 Å². The second kappa shape index (κ2) is 8.01. The van der Waals surface area contributed by atoms with Crippen LogP contribution in [-0.2, 0) is 9.59 Å². The van der Waals surface area contributed by atoms with Crippen molar-refractivity contribution in [3.8, 4) is 0 Å². The number of benzene rings is 1. The van der Waals surface area contributed by atoms with E-state index in [0.29, 0.717) is 11.6 Å². The lowest BCUT2D eigenvalue weighted by Gasteiger charge is -2.12. The third kappa shape index (κ3) is 4.86. The molecule has 24 heavy (non-hydrogen) atoms. The van der Waals surface area contributed by atoms with Gasteiger partial charge in [0.15, 0.2) is 5.82 Å². The maximum Gasteiger partial charge on any atom is 0.238 e. The fourth-order valence-electron chi connectivity index (χ4n) is 2.00. The van der Waals surface area contributed by atoms with Crippen LogP contribution in [0.25, 0.3) is 0 Å². The summed E-state index contributed by atoms with van der Waals surface area (Å²) in [7, 11) is 0. The minimum absolute atomic E-state index is 0.134. The molecule has 6 nitrogen and oxygen atoms in total. The van der Waals surface area contributed by atoms with Gasteiger partial charge in [-0.25, -0.2) is 0 Å². The first kappa shape index (κ1) is 18.1. The van der Waals surface area contributed by atoms with Crippen molar-refractivity contribution in [2.45, 2.75) is 32.9 Å². The smallest absolute Gasteiger partial charge is 0.238 e. The summed E-state index contributed by atoms with van der Waals surface area (Å²) in [4.78, 5) is 24.1. The lowest BCUT2D eigenvalue weighted by molar-refractivity contribution is -0.115. The quantitative estimate of drug-likeness (QED) is 0.837. The third-order valence-corrected chi connectivity index (χ3v) is 4.73. The van der Waals surface area contributed by atoms with Gasteiger partial charge in [-0.1, -0.05) is 17.3 Å². The lowest BCUT2D eigenvalue weighted by atomic mass is 10.1. The number of anilines is 2. The fourth-order valence-corrected chi connectivity index (χ4v) is 2.69. The predicted octanol–water partition coefficient (Wildman–Crippen LogP) is 3.30. The minimum Gasteiger partial charge on any atom is -0.360 e. The second-order valence-corrected chi connectivity index (χ2v) is 6.89. The van der Waals surface area contributed by atoms with Gasteiger partial charge < -0.3 is 15.2 Å². The number of aryl methyl sites for hydroxylation is 2. The van der Waals surface area contributed by atoms with Gasteiger partial charge in [-0.15, -0.1) is 11.8 Å². The van der Waals surface area contributed by atoms with Crippen LogP contribution < -0.4 is 10.6 Å². The molecule has 0 aliphatic heterocycles. The molecule has 2 aromatic rings. The van der Waals surface area contributed by atoms with Gasteiger partial charge in [0, 0.05) is 11.8 Å². The van der Waals surface area contributed by atoms with E-state index in [1.165, 1.54) is 11.8 Å². The summed E-state index contributed by atoms with van der Waals surface area (Å²) in [5, 5.41) is 8.86. The van der Waals surface area contributed by atoms with Gasteiger partial charge >= 0.3 is 0 Å². The molecule has 1 heterocycles. The maximum atomic E-state index is 12.1. The molecule has 2 N–H and O–H groups in total. The van der Waals surface area contributed by atoms with E-state index < -0.39 is 0 Å². The van der Waals surface area contributed by atoms with E-state index >= 15 is 0 Å².